The van der Waals surface area contributed by atoms with Crippen molar-refractivity contribution >= 4 is 11.8 Å². The van der Waals surface area contributed by atoms with Crippen LogP contribution in [0.15, 0.2) is 30.5 Å². The average Bonchev–Trinajstić information content (AvgIpc) is 3.00. The fourth-order valence-corrected chi connectivity index (χ4v) is 2.85. The molecule has 2 aromatic rings. The van der Waals surface area contributed by atoms with Gasteiger partial charge in [-0.25, -0.2) is 9.07 Å². The Morgan fingerprint density at radius 2 is 2.00 bits per heavy atom. The molecular formula is C17H19FN4O2. The van der Waals surface area contributed by atoms with Crippen LogP contribution in [0, 0.1) is 5.82 Å². The first-order chi connectivity index (χ1) is 11.5. The second kappa shape index (κ2) is 6.43. The topological polar surface area (TPSA) is 67.2 Å². The third-order valence-corrected chi connectivity index (χ3v) is 3.98. The van der Waals surface area contributed by atoms with E-state index in [4.69, 9.17) is 0 Å². The molecule has 1 aromatic heterocycles. The number of carbonyl (C=O) groups is 2. The van der Waals surface area contributed by atoms with Gasteiger partial charge in [0.25, 0.3) is 5.91 Å². The third kappa shape index (κ3) is 3.02. The molecule has 0 saturated carbocycles. The van der Waals surface area contributed by atoms with Crippen LogP contribution < -0.4 is 5.32 Å². The third-order valence-electron chi connectivity index (χ3n) is 3.98. The molecule has 0 spiro atoms. The van der Waals surface area contributed by atoms with E-state index in [0.717, 1.165) is 5.69 Å². The molecule has 1 aliphatic heterocycles. The molecule has 0 atom stereocenters. The van der Waals surface area contributed by atoms with Crippen molar-refractivity contribution in [1.29, 1.82) is 0 Å². The molecule has 1 saturated heterocycles. The Bertz CT molecular complexity index is 767. The molecule has 1 aromatic carbocycles. The van der Waals surface area contributed by atoms with Crippen LogP contribution in [0.2, 0.25) is 0 Å². The quantitative estimate of drug-likeness (QED) is 0.931. The van der Waals surface area contributed by atoms with Gasteiger partial charge in [0.15, 0.2) is 0 Å². The van der Waals surface area contributed by atoms with Gasteiger partial charge >= 0.3 is 0 Å². The Morgan fingerprint density at radius 3 is 2.62 bits per heavy atom. The van der Waals surface area contributed by atoms with Crippen molar-refractivity contribution in [3.8, 4) is 5.69 Å². The lowest BCUT2D eigenvalue weighted by Crippen LogP contribution is -2.50. The minimum absolute atomic E-state index is 0.0371. The number of aromatic nitrogens is 2. The van der Waals surface area contributed by atoms with Gasteiger partial charge in [-0.1, -0.05) is 13.8 Å². The van der Waals surface area contributed by atoms with Gasteiger partial charge in [-0.3, -0.25) is 9.59 Å². The van der Waals surface area contributed by atoms with E-state index in [1.54, 1.807) is 16.8 Å². The predicted molar refractivity (Wildman–Crippen MR) is 86.5 cm³/mol. The molecule has 2 heterocycles. The van der Waals surface area contributed by atoms with Crippen LogP contribution in [0.3, 0.4) is 0 Å². The highest BCUT2D eigenvalue weighted by molar-refractivity contribution is 5.98. The van der Waals surface area contributed by atoms with E-state index < -0.39 is 0 Å². The summed E-state index contributed by atoms with van der Waals surface area (Å²) in [5.41, 5.74) is 1.91. The summed E-state index contributed by atoms with van der Waals surface area (Å²) in [6.45, 7) is 4.92. The minimum Gasteiger partial charge on any atom is -0.353 e. The van der Waals surface area contributed by atoms with Gasteiger partial charge in [-0.05, 0) is 30.2 Å². The summed E-state index contributed by atoms with van der Waals surface area (Å²) in [6.07, 6.45) is 1.52. The summed E-state index contributed by atoms with van der Waals surface area (Å²) >= 11 is 0. The molecule has 0 radical (unpaired) electrons. The monoisotopic (exact) mass is 330 g/mol. The Morgan fingerprint density at radius 1 is 1.29 bits per heavy atom. The van der Waals surface area contributed by atoms with E-state index in [2.05, 4.69) is 10.4 Å². The highest BCUT2D eigenvalue weighted by atomic mass is 19.1. The standard InChI is InChI=1S/C17H19FN4O2/c1-11(2)16-14(17(24)21-8-7-19-15(23)10-21)9-20-22(16)13-5-3-12(18)4-6-13/h3-6,9,11H,7-8,10H2,1-2H3,(H,19,23). The van der Waals surface area contributed by atoms with E-state index in [1.165, 1.54) is 23.2 Å². The fourth-order valence-electron chi connectivity index (χ4n) is 2.85. The minimum atomic E-state index is -0.326. The number of rotatable bonds is 3. The number of hydrogen-bond donors (Lipinski definition) is 1. The maximum absolute atomic E-state index is 13.1. The van der Waals surface area contributed by atoms with E-state index in [0.29, 0.717) is 24.3 Å². The maximum Gasteiger partial charge on any atom is 0.257 e. The number of carbonyl (C=O) groups excluding carboxylic acids is 2. The van der Waals surface area contributed by atoms with Crippen molar-refractivity contribution in [2.24, 2.45) is 0 Å². The molecule has 1 N–H and O–H groups in total. The molecule has 2 amide bonds. The molecule has 126 valence electrons. The zero-order chi connectivity index (χ0) is 17.3. The van der Waals surface area contributed by atoms with Gasteiger partial charge in [0.2, 0.25) is 5.91 Å². The second-order valence-corrected chi connectivity index (χ2v) is 6.06. The number of piperazine rings is 1. The number of nitrogens with one attached hydrogen (secondary N) is 1. The van der Waals surface area contributed by atoms with Crippen molar-refractivity contribution in [3.05, 3.63) is 47.5 Å². The molecule has 1 aliphatic rings. The lowest BCUT2D eigenvalue weighted by molar-refractivity contribution is -0.123. The van der Waals surface area contributed by atoms with Crippen LogP contribution in [0.5, 0.6) is 0 Å². The highest BCUT2D eigenvalue weighted by Gasteiger charge is 2.27. The zero-order valence-electron chi connectivity index (χ0n) is 13.6. The number of nitrogens with zero attached hydrogens (tertiary/aromatic N) is 3. The van der Waals surface area contributed by atoms with Crippen LogP contribution >= 0.6 is 0 Å². The van der Waals surface area contributed by atoms with Crippen LogP contribution in [0.1, 0.15) is 35.8 Å². The molecule has 6 nitrogen and oxygen atoms in total. The Labute approximate surface area is 139 Å². The van der Waals surface area contributed by atoms with Gasteiger partial charge in [0, 0.05) is 13.1 Å². The van der Waals surface area contributed by atoms with Crippen molar-refractivity contribution in [3.63, 3.8) is 0 Å². The van der Waals surface area contributed by atoms with Crippen LogP contribution in [0.25, 0.3) is 5.69 Å². The first-order valence-corrected chi connectivity index (χ1v) is 7.87. The molecule has 7 heteroatoms. The molecule has 0 aliphatic carbocycles. The lowest BCUT2D eigenvalue weighted by atomic mass is 10.0. The number of amides is 2. The zero-order valence-corrected chi connectivity index (χ0v) is 13.6. The van der Waals surface area contributed by atoms with Crippen LogP contribution in [0.4, 0.5) is 4.39 Å². The van der Waals surface area contributed by atoms with Crippen molar-refractivity contribution in [2.75, 3.05) is 19.6 Å². The van der Waals surface area contributed by atoms with E-state index in [9.17, 15) is 14.0 Å². The Hall–Kier alpha value is -2.70. The van der Waals surface area contributed by atoms with E-state index in [1.807, 2.05) is 13.8 Å². The Balaban J connectivity index is 1.98. The number of halogens is 1. The largest absolute Gasteiger partial charge is 0.353 e. The summed E-state index contributed by atoms with van der Waals surface area (Å²) in [7, 11) is 0. The fraction of sp³-hybridized carbons (Fsp3) is 0.353. The maximum atomic E-state index is 13.1. The normalized spacial score (nSPS) is 14.8. The molecule has 0 unspecified atom stereocenters. The van der Waals surface area contributed by atoms with Gasteiger partial charge in [0.1, 0.15) is 5.82 Å². The molecule has 24 heavy (non-hydrogen) atoms. The highest BCUT2D eigenvalue weighted by Crippen LogP contribution is 2.24. The Kier molecular flexibility index (Phi) is 4.33. The molecular weight excluding hydrogens is 311 g/mol. The first kappa shape index (κ1) is 16.2. The average molecular weight is 330 g/mol. The van der Waals surface area contributed by atoms with Crippen LogP contribution in [-0.2, 0) is 4.79 Å². The van der Waals surface area contributed by atoms with Crippen molar-refractivity contribution in [2.45, 2.75) is 19.8 Å². The van der Waals surface area contributed by atoms with Gasteiger partial charge in [-0.15, -0.1) is 0 Å². The SMILES string of the molecule is CC(C)c1c(C(=O)N2CCNC(=O)C2)cnn1-c1ccc(F)cc1. The predicted octanol–water partition coefficient (Wildman–Crippen LogP) is 1.71. The molecule has 1 fully saturated rings. The van der Waals surface area contributed by atoms with Gasteiger partial charge in [-0.2, -0.15) is 5.10 Å². The summed E-state index contributed by atoms with van der Waals surface area (Å²) in [5, 5.41) is 7.02. The smallest absolute Gasteiger partial charge is 0.257 e. The van der Waals surface area contributed by atoms with E-state index >= 15 is 0 Å². The van der Waals surface area contributed by atoms with Crippen molar-refractivity contribution < 1.29 is 14.0 Å². The number of hydrogen-bond acceptors (Lipinski definition) is 3. The molecule has 0 bridgehead atoms. The summed E-state index contributed by atoms with van der Waals surface area (Å²) < 4.78 is 14.8. The van der Waals surface area contributed by atoms with Crippen LogP contribution in [-0.4, -0.2) is 46.1 Å². The number of benzene rings is 1. The first-order valence-electron chi connectivity index (χ1n) is 7.87. The van der Waals surface area contributed by atoms with Gasteiger partial charge in [0.05, 0.1) is 29.7 Å². The van der Waals surface area contributed by atoms with Gasteiger partial charge < -0.3 is 10.2 Å². The summed E-state index contributed by atoms with van der Waals surface area (Å²) in [6, 6.07) is 5.96. The second-order valence-electron chi connectivity index (χ2n) is 6.06. The van der Waals surface area contributed by atoms with Crippen molar-refractivity contribution in [1.82, 2.24) is 20.0 Å². The molecule has 3 rings (SSSR count). The van der Waals surface area contributed by atoms with E-state index in [-0.39, 0.29) is 30.1 Å². The summed E-state index contributed by atoms with van der Waals surface area (Å²) in [5.74, 6) is -0.656. The summed E-state index contributed by atoms with van der Waals surface area (Å²) in [4.78, 5) is 25.9. The lowest BCUT2D eigenvalue weighted by Gasteiger charge is -2.27.